The van der Waals surface area contributed by atoms with Crippen LogP contribution >= 0.6 is 0 Å². The van der Waals surface area contributed by atoms with E-state index in [-0.39, 0.29) is 0 Å². The Bertz CT molecular complexity index is 286. The standard InChI is InChI=1S/C11H19N3/c1-4-9(3)14(5-2)10-7-6-8-13-11(10)12/h6-9H,4-5H2,1-3H3,(H2,12,13). The normalized spacial score (nSPS) is 12.5. The van der Waals surface area contributed by atoms with Crippen LogP contribution in [0.1, 0.15) is 27.2 Å². The summed E-state index contributed by atoms with van der Waals surface area (Å²) in [5, 5.41) is 0. The number of hydrogen-bond acceptors (Lipinski definition) is 3. The molecule has 0 fully saturated rings. The Balaban J connectivity index is 2.94. The van der Waals surface area contributed by atoms with E-state index in [0.29, 0.717) is 11.9 Å². The summed E-state index contributed by atoms with van der Waals surface area (Å²) in [6.45, 7) is 7.49. The van der Waals surface area contributed by atoms with Gasteiger partial charge in [0, 0.05) is 18.8 Å². The zero-order valence-corrected chi connectivity index (χ0v) is 9.20. The van der Waals surface area contributed by atoms with Crippen LogP contribution < -0.4 is 10.6 Å². The number of aromatic nitrogens is 1. The van der Waals surface area contributed by atoms with Crippen LogP contribution in [-0.2, 0) is 0 Å². The van der Waals surface area contributed by atoms with Crippen LogP contribution in [0, 0.1) is 0 Å². The molecule has 3 nitrogen and oxygen atoms in total. The van der Waals surface area contributed by atoms with Gasteiger partial charge in [0.1, 0.15) is 5.82 Å². The summed E-state index contributed by atoms with van der Waals surface area (Å²) in [4.78, 5) is 6.38. The molecule has 14 heavy (non-hydrogen) atoms. The number of nitrogens with two attached hydrogens (primary N) is 1. The number of rotatable bonds is 4. The third-order valence-electron chi connectivity index (χ3n) is 2.59. The molecule has 0 bridgehead atoms. The first-order valence-corrected chi connectivity index (χ1v) is 5.17. The van der Waals surface area contributed by atoms with E-state index in [1.807, 2.05) is 12.1 Å². The smallest absolute Gasteiger partial charge is 0.146 e. The van der Waals surface area contributed by atoms with E-state index in [2.05, 4.69) is 30.7 Å². The summed E-state index contributed by atoms with van der Waals surface area (Å²) >= 11 is 0. The van der Waals surface area contributed by atoms with Crippen LogP contribution in [0.15, 0.2) is 18.3 Å². The molecule has 1 rings (SSSR count). The lowest BCUT2D eigenvalue weighted by molar-refractivity contribution is 0.630. The van der Waals surface area contributed by atoms with Gasteiger partial charge in [-0.3, -0.25) is 0 Å². The summed E-state index contributed by atoms with van der Waals surface area (Å²) < 4.78 is 0. The van der Waals surface area contributed by atoms with Gasteiger partial charge in [-0.1, -0.05) is 6.92 Å². The maximum Gasteiger partial charge on any atom is 0.146 e. The van der Waals surface area contributed by atoms with Gasteiger partial charge in [0.15, 0.2) is 0 Å². The van der Waals surface area contributed by atoms with Crippen LogP contribution in [0.4, 0.5) is 11.5 Å². The quantitative estimate of drug-likeness (QED) is 0.797. The SMILES string of the molecule is CCC(C)N(CC)c1cccnc1N. The van der Waals surface area contributed by atoms with Crippen LogP contribution in [0.2, 0.25) is 0 Å². The fourth-order valence-corrected chi connectivity index (χ4v) is 1.59. The van der Waals surface area contributed by atoms with E-state index in [1.165, 1.54) is 0 Å². The molecular weight excluding hydrogens is 174 g/mol. The van der Waals surface area contributed by atoms with Crippen molar-refractivity contribution in [1.82, 2.24) is 4.98 Å². The topological polar surface area (TPSA) is 42.2 Å². The zero-order chi connectivity index (χ0) is 10.6. The van der Waals surface area contributed by atoms with Crippen LogP contribution in [-0.4, -0.2) is 17.6 Å². The van der Waals surface area contributed by atoms with Gasteiger partial charge in [0.05, 0.1) is 5.69 Å². The number of pyridine rings is 1. The summed E-state index contributed by atoms with van der Waals surface area (Å²) in [6, 6.07) is 4.46. The van der Waals surface area contributed by atoms with Crippen molar-refractivity contribution < 1.29 is 0 Å². The highest BCUT2D eigenvalue weighted by molar-refractivity contribution is 5.63. The molecule has 2 N–H and O–H groups in total. The van der Waals surface area contributed by atoms with Crippen molar-refractivity contribution in [2.45, 2.75) is 33.2 Å². The lowest BCUT2D eigenvalue weighted by Gasteiger charge is -2.29. The van der Waals surface area contributed by atoms with E-state index in [0.717, 1.165) is 18.7 Å². The molecule has 0 spiro atoms. The van der Waals surface area contributed by atoms with Crippen LogP contribution in [0.25, 0.3) is 0 Å². The van der Waals surface area contributed by atoms with Crippen molar-refractivity contribution in [3.05, 3.63) is 18.3 Å². The molecule has 0 saturated heterocycles. The molecule has 1 aromatic rings. The highest BCUT2D eigenvalue weighted by Gasteiger charge is 2.13. The first kappa shape index (κ1) is 10.8. The van der Waals surface area contributed by atoms with E-state index < -0.39 is 0 Å². The van der Waals surface area contributed by atoms with Crippen molar-refractivity contribution in [1.29, 1.82) is 0 Å². The molecule has 0 aliphatic carbocycles. The lowest BCUT2D eigenvalue weighted by atomic mass is 10.2. The van der Waals surface area contributed by atoms with Gasteiger partial charge in [0.25, 0.3) is 0 Å². The predicted molar refractivity (Wildman–Crippen MR) is 61.4 cm³/mol. The van der Waals surface area contributed by atoms with Crippen LogP contribution in [0.5, 0.6) is 0 Å². The van der Waals surface area contributed by atoms with Crippen molar-refractivity contribution in [2.75, 3.05) is 17.2 Å². The molecule has 0 aliphatic heterocycles. The minimum Gasteiger partial charge on any atom is -0.382 e. The van der Waals surface area contributed by atoms with E-state index >= 15 is 0 Å². The molecular formula is C11H19N3. The highest BCUT2D eigenvalue weighted by Crippen LogP contribution is 2.22. The Morgan fingerprint density at radius 2 is 2.21 bits per heavy atom. The summed E-state index contributed by atoms with van der Waals surface area (Å²) in [6.07, 6.45) is 2.84. The molecule has 78 valence electrons. The Morgan fingerprint density at radius 3 is 2.71 bits per heavy atom. The molecule has 1 atom stereocenters. The molecule has 0 amide bonds. The van der Waals surface area contributed by atoms with Gasteiger partial charge < -0.3 is 10.6 Å². The first-order chi connectivity index (χ1) is 6.70. The van der Waals surface area contributed by atoms with E-state index in [1.54, 1.807) is 6.20 Å². The average molecular weight is 193 g/mol. The van der Waals surface area contributed by atoms with Crippen molar-refractivity contribution in [2.24, 2.45) is 0 Å². The highest BCUT2D eigenvalue weighted by atomic mass is 15.2. The number of nitrogens with zero attached hydrogens (tertiary/aromatic N) is 2. The third-order valence-corrected chi connectivity index (χ3v) is 2.59. The predicted octanol–water partition coefficient (Wildman–Crippen LogP) is 2.29. The van der Waals surface area contributed by atoms with E-state index in [9.17, 15) is 0 Å². The second-order valence-corrected chi connectivity index (χ2v) is 3.45. The average Bonchev–Trinajstić information content (AvgIpc) is 2.21. The summed E-state index contributed by atoms with van der Waals surface area (Å²) in [5.74, 6) is 0.620. The first-order valence-electron chi connectivity index (χ1n) is 5.17. The van der Waals surface area contributed by atoms with E-state index in [4.69, 9.17) is 5.73 Å². The second-order valence-electron chi connectivity index (χ2n) is 3.45. The fourth-order valence-electron chi connectivity index (χ4n) is 1.59. The molecule has 1 aromatic heterocycles. The minimum atomic E-state index is 0.506. The largest absolute Gasteiger partial charge is 0.382 e. The maximum atomic E-state index is 5.84. The molecule has 1 unspecified atom stereocenters. The van der Waals surface area contributed by atoms with Gasteiger partial charge in [-0.15, -0.1) is 0 Å². The minimum absolute atomic E-state index is 0.506. The van der Waals surface area contributed by atoms with Crippen molar-refractivity contribution in [3.8, 4) is 0 Å². The molecule has 0 radical (unpaired) electrons. The number of nitrogen functional groups attached to an aromatic ring is 1. The second kappa shape index (κ2) is 4.84. The molecule has 3 heteroatoms. The summed E-state index contributed by atoms with van der Waals surface area (Å²) in [7, 11) is 0. The van der Waals surface area contributed by atoms with Crippen molar-refractivity contribution >= 4 is 11.5 Å². The Labute approximate surface area is 85.9 Å². The monoisotopic (exact) mass is 193 g/mol. The Kier molecular flexibility index (Phi) is 3.74. The molecule has 0 aliphatic rings. The lowest BCUT2D eigenvalue weighted by Crippen LogP contribution is -2.33. The Hall–Kier alpha value is -1.25. The molecule has 0 aromatic carbocycles. The van der Waals surface area contributed by atoms with Gasteiger partial charge in [-0.2, -0.15) is 0 Å². The molecule has 1 heterocycles. The van der Waals surface area contributed by atoms with Gasteiger partial charge in [-0.25, -0.2) is 4.98 Å². The Morgan fingerprint density at radius 1 is 1.50 bits per heavy atom. The van der Waals surface area contributed by atoms with Gasteiger partial charge in [-0.05, 0) is 32.4 Å². The zero-order valence-electron chi connectivity index (χ0n) is 9.20. The molecule has 0 saturated carbocycles. The number of anilines is 2. The van der Waals surface area contributed by atoms with Gasteiger partial charge >= 0.3 is 0 Å². The summed E-state index contributed by atoms with van der Waals surface area (Å²) in [5.41, 5.74) is 6.88. The van der Waals surface area contributed by atoms with Gasteiger partial charge in [0.2, 0.25) is 0 Å². The maximum absolute atomic E-state index is 5.84. The fraction of sp³-hybridized carbons (Fsp3) is 0.545. The third kappa shape index (κ3) is 2.16. The van der Waals surface area contributed by atoms with Crippen molar-refractivity contribution in [3.63, 3.8) is 0 Å². The van der Waals surface area contributed by atoms with Crippen LogP contribution in [0.3, 0.4) is 0 Å². The number of hydrogen-bond donors (Lipinski definition) is 1.